The van der Waals surface area contributed by atoms with Gasteiger partial charge in [0.2, 0.25) is 0 Å². The van der Waals surface area contributed by atoms with Crippen LogP contribution in [0.2, 0.25) is 0 Å². The van der Waals surface area contributed by atoms with Crippen LogP contribution in [0.4, 0.5) is 9.18 Å². The van der Waals surface area contributed by atoms with Gasteiger partial charge in [-0.05, 0) is 24.1 Å². The number of benzene rings is 1. The fraction of sp³-hybridized carbons (Fsp3) is 0.524. The summed E-state index contributed by atoms with van der Waals surface area (Å²) in [5.41, 5.74) is 0.629. The summed E-state index contributed by atoms with van der Waals surface area (Å²) < 4.78 is 42.5. The van der Waals surface area contributed by atoms with E-state index in [0.717, 1.165) is 17.7 Å². The Kier molecular flexibility index (Phi) is 7.52. The first-order chi connectivity index (χ1) is 15.1. The van der Waals surface area contributed by atoms with Gasteiger partial charge in [-0.25, -0.2) is 22.6 Å². The van der Waals surface area contributed by atoms with E-state index in [-0.39, 0.29) is 24.7 Å². The summed E-state index contributed by atoms with van der Waals surface area (Å²) in [4.78, 5) is 17.2. The van der Waals surface area contributed by atoms with Crippen LogP contribution in [0.25, 0.3) is 0 Å². The summed E-state index contributed by atoms with van der Waals surface area (Å²) in [5.74, 6) is -0.963. The monoisotopic (exact) mass is 468 g/mol. The molecule has 1 aromatic carbocycles. The maximum atomic E-state index is 13.5. The molecule has 9 nitrogen and oxygen atoms in total. The molecule has 1 saturated heterocycles. The van der Waals surface area contributed by atoms with Crippen LogP contribution in [-0.4, -0.2) is 75.3 Å². The second-order valence-electron chi connectivity index (χ2n) is 8.16. The molecule has 11 heteroatoms. The van der Waals surface area contributed by atoms with Gasteiger partial charge >= 0.3 is 6.09 Å². The van der Waals surface area contributed by atoms with Crippen molar-refractivity contribution in [3.63, 3.8) is 0 Å². The third kappa shape index (κ3) is 5.28. The van der Waals surface area contributed by atoms with E-state index >= 15 is 0 Å². The fourth-order valence-corrected chi connectivity index (χ4v) is 5.52. The molecule has 1 amide bonds. The number of unbranched alkanes of at least 4 members (excludes halogenated alkanes) is 1. The highest BCUT2D eigenvalue weighted by molar-refractivity contribution is 7.89. The third-order valence-corrected chi connectivity index (χ3v) is 7.50. The predicted molar refractivity (Wildman–Crippen MR) is 115 cm³/mol. The predicted octanol–water partition coefficient (Wildman–Crippen LogP) is 2.25. The first-order valence-corrected chi connectivity index (χ1v) is 12.0. The summed E-state index contributed by atoms with van der Waals surface area (Å²) in [6, 6.07) is 4.87. The molecule has 0 saturated carbocycles. The van der Waals surface area contributed by atoms with Crippen LogP contribution in [0, 0.1) is 5.82 Å². The number of hydrogen-bond donors (Lipinski definition) is 2. The molecule has 0 aliphatic carbocycles. The van der Waals surface area contributed by atoms with Crippen molar-refractivity contribution in [2.75, 3.05) is 19.6 Å². The molecule has 2 aromatic rings. The van der Waals surface area contributed by atoms with Crippen LogP contribution in [-0.2, 0) is 17.1 Å². The average molecular weight is 469 g/mol. The molecule has 2 N–H and O–H groups in total. The van der Waals surface area contributed by atoms with Crippen LogP contribution >= 0.6 is 0 Å². The number of aliphatic hydroxyl groups is 1. The average Bonchev–Trinajstić information content (AvgIpc) is 3.38. The zero-order valence-electron chi connectivity index (χ0n) is 18.1. The number of imidazole rings is 1. The molecule has 0 bridgehead atoms. The summed E-state index contributed by atoms with van der Waals surface area (Å²) in [6.07, 6.45) is 2.73. The zero-order chi connectivity index (χ0) is 23.5. The van der Waals surface area contributed by atoms with E-state index in [1.807, 2.05) is 6.92 Å². The van der Waals surface area contributed by atoms with Gasteiger partial charge in [-0.2, -0.15) is 4.31 Å². The number of amides is 1. The summed E-state index contributed by atoms with van der Waals surface area (Å²) >= 11 is 0. The molecular formula is C21H29FN4O5S. The Bertz CT molecular complexity index is 1030. The number of carbonyl (C=O) groups is 1. The zero-order valence-corrected chi connectivity index (χ0v) is 18.9. The van der Waals surface area contributed by atoms with Gasteiger partial charge < -0.3 is 19.7 Å². The van der Waals surface area contributed by atoms with Gasteiger partial charge in [-0.1, -0.05) is 31.9 Å². The second kappa shape index (κ2) is 9.97. The lowest BCUT2D eigenvalue weighted by atomic mass is 9.93. The Morgan fingerprint density at radius 2 is 2.00 bits per heavy atom. The number of aromatic nitrogens is 2. The fourth-order valence-electron chi connectivity index (χ4n) is 4.07. The minimum atomic E-state index is -3.96. The molecule has 3 rings (SSSR count). The maximum Gasteiger partial charge on any atom is 0.407 e. The standard InChI is InChI=1S/C21H29FN4O5S/c1-3-4-5-17(27)10-26(21(28)29)19-12-25(32(30,31)20-13-24(2)14-23-20)11-18(19)15-6-8-16(22)9-7-15/h6-9,13-14,17-19,27H,3-5,10-12H2,1-2H3,(H,28,29)/t17?,18-,19+/m1/s1. The molecule has 3 atom stereocenters. The molecule has 32 heavy (non-hydrogen) atoms. The molecule has 1 aromatic heterocycles. The largest absolute Gasteiger partial charge is 0.465 e. The highest BCUT2D eigenvalue weighted by atomic mass is 32.2. The number of hydrogen-bond acceptors (Lipinski definition) is 5. The van der Waals surface area contributed by atoms with E-state index in [4.69, 9.17) is 0 Å². The third-order valence-electron chi connectivity index (χ3n) is 5.78. The molecule has 1 aliphatic heterocycles. The normalized spacial score (nSPS) is 20.4. The quantitative estimate of drug-likeness (QED) is 0.583. The molecule has 1 aliphatic rings. The molecule has 1 fully saturated rings. The number of nitrogens with zero attached hydrogens (tertiary/aromatic N) is 4. The van der Waals surface area contributed by atoms with Crippen molar-refractivity contribution >= 4 is 16.1 Å². The lowest BCUT2D eigenvalue weighted by Crippen LogP contribution is -2.47. The SMILES string of the molecule is CCCCC(O)CN(C(=O)O)[C@H]1CN(S(=O)(=O)c2cn(C)cn2)C[C@@H]1c1ccc(F)cc1. The Balaban J connectivity index is 1.94. The van der Waals surface area contributed by atoms with Gasteiger partial charge in [-0.3, -0.25) is 0 Å². The Hall–Kier alpha value is -2.50. The highest BCUT2D eigenvalue weighted by Crippen LogP contribution is 2.34. The number of rotatable bonds is 9. The smallest absolute Gasteiger partial charge is 0.407 e. The van der Waals surface area contributed by atoms with Gasteiger partial charge in [0.05, 0.1) is 25.0 Å². The number of aliphatic hydroxyl groups excluding tert-OH is 1. The van der Waals surface area contributed by atoms with E-state index in [1.165, 1.54) is 45.7 Å². The molecule has 1 unspecified atom stereocenters. The molecule has 176 valence electrons. The van der Waals surface area contributed by atoms with E-state index in [2.05, 4.69) is 4.98 Å². The number of carboxylic acid groups (broad SMARTS) is 1. The summed E-state index contributed by atoms with van der Waals surface area (Å²) in [5, 5.41) is 20.1. The van der Waals surface area contributed by atoms with E-state index in [9.17, 15) is 27.8 Å². The Morgan fingerprint density at radius 1 is 1.31 bits per heavy atom. The first-order valence-electron chi connectivity index (χ1n) is 10.5. The maximum absolute atomic E-state index is 13.5. The lowest BCUT2D eigenvalue weighted by molar-refractivity contribution is 0.0711. The van der Waals surface area contributed by atoms with Crippen molar-refractivity contribution in [2.24, 2.45) is 7.05 Å². The molecular weight excluding hydrogens is 439 g/mol. The van der Waals surface area contributed by atoms with Crippen LogP contribution in [0.5, 0.6) is 0 Å². The van der Waals surface area contributed by atoms with Crippen molar-refractivity contribution in [1.29, 1.82) is 0 Å². The van der Waals surface area contributed by atoms with Gasteiger partial charge in [0.15, 0.2) is 5.03 Å². The van der Waals surface area contributed by atoms with Crippen molar-refractivity contribution in [3.05, 3.63) is 48.2 Å². The van der Waals surface area contributed by atoms with Crippen molar-refractivity contribution in [1.82, 2.24) is 18.8 Å². The van der Waals surface area contributed by atoms with E-state index in [0.29, 0.717) is 12.0 Å². The van der Waals surface area contributed by atoms with Gasteiger partial charge in [0.25, 0.3) is 10.0 Å². The number of halogens is 1. The van der Waals surface area contributed by atoms with Crippen molar-refractivity contribution in [3.8, 4) is 0 Å². The lowest BCUT2D eigenvalue weighted by Gasteiger charge is -2.32. The van der Waals surface area contributed by atoms with E-state index in [1.54, 1.807) is 7.05 Å². The Morgan fingerprint density at radius 3 is 2.56 bits per heavy atom. The topological polar surface area (TPSA) is 116 Å². The first kappa shape index (κ1) is 24.1. The van der Waals surface area contributed by atoms with Crippen molar-refractivity contribution in [2.45, 2.75) is 49.3 Å². The van der Waals surface area contributed by atoms with Crippen LogP contribution in [0.3, 0.4) is 0 Å². The van der Waals surface area contributed by atoms with Gasteiger partial charge in [0.1, 0.15) is 5.82 Å². The number of aryl methyl sites for hydroxylation is 1. The van der Waals surface area contributed by atoms with Gasteiger partial charge in [0, 0.05) is 32.3 Å². The summed E-state index contributed by atoms with van der Waals surface area (Å²) in [6.45, 7) is 1.77. The van der Waals surface area contributed by atoms with Crippen LogP contribution in [0.15, 0.2) is 41.8 Å². The van der Waals surface area contributed by atoms with Crippen LogP contribution < -0.4 is 0 Å². The Labute approximate surface area is 187 Å². The summed E-state index contributed by atoms with van der Waals surface area (Å²) in [7, 11) is -2.30. The van der Waals surface area contributed by atoms with E-state index < -0.39 is 40.0 Å². The van der Waals surface area contributed by atoms with Crippen molar-refractivity contribution < 1.29 is 27.8 Å². The minimum Gasteiger partial charge on any atom is -0.465 e. The second-order valence-corrected chi connectivity index (χ2v) is 10.0. The molecule has 0 radical (unpaired) electrons. The highest BCUT2D eigenvalue weighted by Gasteiger charge is 2.45. The molecule has 0 spiro atoms. The minimum absolute atomic E-state index is 0.0179. The van der Waals surface area contributed by atoms with Gasteiger partial charge in [-0.15, -0.1) is 0 Å². The molecule has 2 heterocycles. The number of sulfonamides is 1. The van der Waals surface area contributed by atoms with Crippen LogP contribution in [0.1, 0.15) is 37.7 Å².